The minimum absolute atomic E-state index is 0.0108. The molecule has 0 bridgehead atoms. The smallest absolute Gasteiger partial charge is 0.284 e. The van der Waals surface area contributed by atoms with Gasteiger partial charge in [0, 0.05) is 43.0 Å². The number of H-pyrrole nitrogens is 1. The van der Waals surface area contributed by atoms with Crippen LogP contribution in [0.2, 0.25) is 0 Å². The molecule has 10 heteroatoms. The molecule has 206 valence electrons. The van der Waals surface area contributed by atoms with Crippen LogP contribution < -0.4 is 15.5 Å². The van der Waals surface area contributed by atoms with Gasteiger partial charge >= 0.3 is 0 Å². The maximum absolute atomic E-state index is 15.2. The third-order valence-corrected chi connectivity index (χ3v) is 7.20. The summed E-state index contributed by atoms with van der Waals surface area (Å²) in [6.45, 7) is 7.50. The van der Waals surface area contributed by atoms with E-state index in [1.807, 2.05) is 23.1 Å². The van der Waals surface area contributed by atoms with Gasteiger partial charge in [-0.2, -0.15) is 5.10 Å². The number of nitrogens with one attached hydrogen (secondary N) is 3. The minimum Gasteiger partial charge on any atom is -0.352 e. The van der Waals surface area contributed by atoms with Gasteiger partial charge in [0.2, 0.25) is 6.29 Å². The molecule has 1 atom stereocenters. The monoisotopic (exact) mass is 542 g/mol. The quantitative estimate of drug-likeness (QED) is 0.241. The van der Waals surface area contributed by atoms with Crippen molar-refractivity contribution in [2.24, 2.45) is 0 Å². The van der Waals surface area contributed by atoms with Crippen molar-refractivity contribution in [3.8, 4) is 11.1 Å². The van der Waals surface area contributed by atoms with E-state index in [2.05, 4.69) is 46.6 Å². The van der Waals surface area contributed by atoms with Crippen LogP contribution in [0.1, 0.15) is 48.7 Å². The normalized spacial score (nSPS) is 15.3. The molecule has 2 amide bonds. The average Bonchev–Trinajstić information content (AvgIpc) is 3.58. The number of fused-ring (bicyclic) bond motifs is 1. The van der Waals surface area contributed by atoms with E-state index in [0.29, 0.717) is 47.7 Å². The zero-order valence-electron chi connectivity index (χ0n) is 22.6. The fraction of sp³-hybridized carbons (Fsp3) is 0.300. The predicted octanol–water partition coefficient (Wildman–Crippen LogP) is 3.89. The summed E-state index contributed by atoms with van der Waals surface area (Å²) in [5.41, 5.74) is 3.96. The van der Waals surface area contributed by atoms with Crippen LogP contribution in [0, 0.1) is 5.82 Å². The van der Waals surface area contributed by atoms with Crippen LogP contribution in [-0.2, 0) is 21.5 Å². The van der Waals surface area contributed by atoms with E-state index in [-0.39, 0.29) is 30.2 Å². The third-order valence-electron chi connectivity index (χ3n) is 7.20. The Bertz CT molecular complexity index is 1570. The molecular formula is C30H31FN6O3. The van der Waals surface area contributed by atoms with Crippen LogP contribution >= 0.6 is 0 Å². The van der Waals surface area contributed by atoms with Crippen LogP contribution in [0.25, 0.3) is 22.2 Å². The summed E-state index contributed by atoms with van der Waals surface area (Å²) < 4.78 is 15.2. The lowest BCUT2D eigenvalue weighted by atomic mass is 9.87. The van der Waals surface area contributed by atoms with E-state index in [1.54, 1.807) is 30.5 Å². The molecule has 5 rings (SSSR count). The van der Waals surface area contributed by atoms with Gasteiger partial charge in [0.05, 0.1) is 5.39 Å². The number of aldehydes is 1. The van der Waals surface area contributed by atoms with Crippen molar-refractivity contribution in [3.05, 3.63) is 77.2 Å². The number of carbonyl (C=O) groups is 3. The van der Waals surface area contributed by atoms with Crippen LogP contribution in [0.4, 0.5) is 10.2 Å². The van der Waals surface area contributed by atoms with Gasteiger partial charge in [-0.05, 0) is 52.8 Å². The Morgan fingerprint density at radius 3 is 2.62 bits per heavy atom. The summed E-state index contributed by atoms with van der Waals surface area (Å²) in [7, 11) is 0. The molecule has 2 aromatic carbocycles. The number of hydrogen-bond donors (Lipinski definition) is 3. The number of aromatic amines is 1. The highest BCUT2D eigenvalue weighted by atomic mass is 19.1. The van der Waals surface area contributed by atoms with Gasteiger partial charge in [0.1, 0.15) is 5.82 Å². The van der Waals surface area contributed by atoms with Crippen LogP contribution in [0.5, 0.6) is 0 Å². The first kappa shape index (κ1) is 27.0. The summed E-state index contributed by atoms with van der Waals surface area (Å²) in [4.78, 5) is 41.2. The van der Waals surface area contributed by atoms with E-state index in [9.17, 15) is 14.4 Å². The standard InChI is InChI=1S/C30H31FN6O3/c1-30(2,3)21-8-6-18(7-9-21)29(40)33-15-20-5-4-19(14-24(20)31)23-10-12-32-27-26(23)28(36-35-27)37-13-11-22(16-37)34-25(39)17-38/h4-10,12,14,17,22H,11,13,15-16H2,1-3H3,(H,33,40)(H,34,39)(H,32,35,36)/t22-/m1/s1. The first-order valence-corrected chi connectivity index (χ1v) is 13.2. The van der Waals surface area contributed by atoms with Gasteiger partial charge in [-0.3, -0.25) is 19.5 Å². The van der Waals surface area contributed by atoms with Crippen molar-refractivity contribution in [2.75, 3.05) is 18.0 Å². The lowest BCUT2D eigenvalue weighted by Gasteiger charge is -2.19. The number of benzene rings is 2. The van der Waals surface area contributed by atoms with Crippen molar-refractivity contribution in [1.82, 2.24) is 25.8 Å². The highest BCUT2D eigenvalue weighted by Crippen LogP contribution is 2.35. The Balaban J connectivity index is 1.33. The number of halogens is 1. The minimum atomic E-state index is -0.647. The molecule has 40 heavy (non-hydrogen) atoms. The topological polar surface area (TPSA) is 120 Å². The first-order chi connectivity index (χ1) is 19.1. The van der Waals surface area contributed by atoms with Gasteiger partial charge in [-0.1, -0.05) is 45.0 Å². The second kappa shape index (κ2) is 10.9. The summed E-state index contributed by atoms with van der Waals surface area (Å²) in [5.74, 6) is -0.703. The molecule has 1 aliphatic heterocycles. The molecule has 0 saturated carbocycles. The molecule has 1 aliphatic rings. The molecule has 0 aliphatic carbocycles. The predicted molar refractivity (Wildman–Crippen MR) is 150 cm³/mol. The van der Waals surface area contributed by atoms with E-state index in [1.165, 1.54) is 6.07 Å². The molecule has 0 radical (unpaired) electrons. The maximum atomic E-state index is 15.2. The van der Waals surface area contributed by atoms with Crippen molar-refractivity contribution in [1.29, 1.82) is 0 Å². The number of amides is 2. The highest BCUT2D eigenvalue weighted by Gasteiger charge is 2.28. The molecule has 3 heterocycles. The summed E-state index contributed by atoms with van der Waals surface area (Å²) >= 11 is 0. The number of carbonyl (C=O) groups excluding carboxylic acids is 3. The fourth-order valence-corrected chi connectivity index (χ4v) is 4.97. The zero-order chi connectivity index (χ0) is 28.4. The van der Waals surface area contributed by atoms with Crippen molar-refractivity contribution < 1.29 is 18.8 Å². The number of nitrogens with zero attached hydrogens (tertiary/aromatic N) is 3. The maximum Gasteiger partial charge on any atom is 0.284 e. The molecule has 1 fully saturated rings. The molecule has 4 aromatic rings. The van der Waals surface area contributed by atoms with E-state index < -0.39 is 11.7 Å². The Morgan fingerprint density at radius 1 is 1.15 bits per heavy atom. The van der Waals surface area contributed by atoms with Crippen LogP contribution in [0.3, 0.4) is 0 Å². The van der Waals surface area contributed by atoms with Gasteiger partial charge < -0.3 is 15.5 Å². The fourth-order valence-electron chi connectivity index (χ4n) is 4.97. The van der Waals surface area contributed by atoms with Gasteiger partial charge in [-0.25, -0.2) is 9.37 Å². The zero-order valence-corrected chi connectivity index (χ0v) is 22.6. The van der Waals surface area contributed by atoms with Gasteiger partial charge in [-0.15, -0.1) is 0 Å². The molecule has 9 nitrogen and oxygen atoms in total. The third kappa shape index (κ3) is 5.56. The molecule has 0 spiro atoms. The second-order valence-corrected chi connectivity index (χ2v) is 11.0. The number of anilines is 1. The lowest BCUT2D eigenvalue weighted by Crippen LogP contribution is -2.37. The van der Waals surface area contributed by atoms with E-state index >= 15 is 4.39 Å². The second-order valence-electron chi connectivity index (χ2n) is 11.0. The number of hydrogen-bond acceptors (Lipinski definition) is 6. The van der Waals surface area contributed by atoms with Crippen LogP contribution in [-0.4, -0.2) is 52.4 Å². The summed E-state index contributed by atoms with van der Waals surface area (Å²) in [6, 6.07) is 14.0. The van der Waals surface area contributed by atoms with E-state index in [4.69, 9.17) is 0 Å². The molecule has 3 N–H and O–H groups in total. The Hall–Kier alpha value is -4.60. The van der Waals surface area contributed by atoms with Crippen LogP contribution in [0.15, 0.2) is 54.7 Å². The van der Waals surface area contributed by atoms with Gasteiger partial charge in [0.15, 0.2) is 11.5 Å². The first-order valence-electron chi connectivity index (χ1n) is 13.2. The SMILES string of the molecule is CC(C)(C)c1ccc(C(=O)NCc2ccc(-c3ccnc4[nH]nc(N5CC[C@@H](NC(=O)C=O)C5)c34)cc2F)cc1. The Morgan fingerprint density at radius 2 is 1.93 bits per heavy atom. The average molecular weight is 543 g/mol. The van der Waals surface area contributed by atoms with Crippen molar-refractivity contribution in [2.45, 2.75) is 45.2 Å². The molecule has 1 saturated heterocycles. The van der Waals surface area contributed by atoms with Crippen molar-refractivity contribution in [3.63, 3.8) is 0 Å². The molecule has 0 unspecified atom stereocenters. The van der Waals surface area contributed by atoms with Gasteiger partial charge in [0.25, 0.3) is 11.8 Å². The molecule has 2 aromatic heterocycles. The van der Waals surface area contributed by atoms with Crippen molar-refractivity contribution >= 4 is 35.0 Å². The number of aromatic nitrogens is 3. The largest absolute Gasteiger partial charge is 0.352 e. The lowest BCUT2D eigenvalue weighted by molar-refractivity contribution is -0.131. The summed E-state index contributed by atoms with van der Waals surface area (Å²) in [5, 5.41) is 13.6. The number of rotatable bonds is 7. The Kier molecular flexibility index (Phi) is 7.34. The number of pyridine rings is 1. The Labute approximate surface area is 231 Å². The summed E-state index contributed by atoms with van der Waals surface area (Å²) in [6.07, 6.45) is 2.56. The van der Waals surface area contributed by atoms with E-state index in [0.717, 1.165) is 16.5 Å². The molecular weight excluding hydrogens is 511 g/mol. The highest BCUT2D eigenvalue weighted by molar-refractivity contribution is 6.23.